The summed E-state index contributed by atoms with van der Waals surface area (Å²) in [6.45, 7) is 0.338. The van der Waals surface area contributed by atoms with E-state index in [1.54, 1.807) is 0 Å². The highest BCUT2D eigenvalue weighted by molar-refractivity contribution is 7.89. The van der Waals surface area contributed by atoms with Crippen molar-refractivity contribution in [1.29, 1.82) is 5.26 Å². The lowest BCUT2D eigenvalue weighted by Crippen LogP contribution is -2.18. The Bertz CT molecular complexity index is 537. The van der Waals surface area contributed by atoms with E-state index in [2.05, 4.69) is 5.32 Å². The van der Waals surface area contributed by atoms with Gasteiger partial charge < -0.3 is 5.32 Å². The minimum atomic E-state index is -3.47. The van der Waals surface area contributed by atoms with Gasteiger partial charge in [0.1, 0.15) is 5.82 Å². The summed E-state index contributed by atoms with van der Waals surface area (Å²) in [6.07, 6.45) is 0.317. The largest absolute Gasteiger partial charge is 0.385 e. The first-order valence-electron chi connectivity index (χ1n) is 4.86. The van der Waals surface area contributed by atoms with Crippen molar-refractivity contribution < 1.29 is 12.8 Å². The highest BCUT2D eigenvalue weighted by Crippen LogP contribution is 2.13. The molecule has 0 bridgehead atoms. The zero-order valence-electron chi connectivity index (χ0n) is 8.98. The van der Waals surface area contributed by atoms with Gasteiger partial charge in [-0.05, 0) is 24.6 Å². The van der Waals surface area contributed by atoms with E-state index in [0.29, 0.717) is 18.7 Å². The van der Waals surface area contributed by atoms with E-state index >= 15 is 0 Å². The number of hydrogen-bond donors (Lipinski definition) is 2. The van der Waals surface area contributed by atoms with Crippen molar-refractivity contribution in [1.82, 2.24) is 0 Å². The number of anilines is 1. The number of sulfonamides is 1. The molecule has 5 nitrogen and oxygen atoms in total. The van der Waals surface area contributed by atoms with E-state index in [4.69, 9.17) is 10.4 Å². The topological polar surface area (TPSA) is 96.0 Å². The second-order valence-electron chi connectivity index (χ2n) is 3.49. The minimum Gasteiger partial charge on any atom is -0.385 e. The van der Waals surface area contributed by atoms with Crippen LogP contribution in [0.3, 0.4) is 0 Å². The van der Waals surface area contributed by atoms with Gasteiger partial charge in [0.2, 0.25) is 10.0 Å². The molecule has 0 atom stereocenters. The van der Waals surface area contributed by atoms with Crippen LogP contribution < -0.4 is 10.5 Å². The summed E-state index contributed by atoms with van der Waals surface area (Å²) in [7, 11) is -3.47. The van der Waals surface area contributed by atoms with Crippen LogP contribution in [-0.2, 0) is 10.0 Å². The molecule has 0 unspecified atom stereocenters. The number of primary sulfonamides is 1. The summed E-state index contributed by atoms with van der Waals surface area (Å²) in [5, 5.41) is 16.3. The fourth-order valence-electron chi connectivity index (χ4n) is 1.26. The second kappa shape index (κ2) is 5.61. The standard InChI is InChI=1S/C10H12FN3O2S/c11-9-4-8(7-12)5-10(6-9)14-2-1-3-17(13,15)16/h4-6,14H,1-3H2,(H2,13,15,16). The summed E-state index contributed by atoms with van der Waals surface area (Å²) in [5.74, 6) is -0.654. The van der Waals surface area contributed by atoms with Gasteiger partial charge in [0.25, 0.3) is 0 Å². The maximum Gasteiger partial charge on any atom is 0.209 e. The molecule has 0 amide bonds. The van der Waals surface area contributed by atoms with E-state index in [1.807, 2.05) is 6.07 Å². The lowest BCUT2D eigenvalue weighted by molar-refractivity contribution is 0.595. The third kappa shape index (κ3) is 5.29. The molecule has 7 heteroatoms. The Kier molecular flexibility index (Phi) is 4.43. The molecule has 0 saturated heterocycles. The molecule has 0 fully saturated rings. The van der Waals surface area contributed by atoms with Crippen molar-refractivity contribution in [2.75, 3.05) is 17.6 Å². The number of nitrogens with zero attached hydrogens (tertiary/aromatic N) is 1. The number of halogens is 1. The van der Waals surface area contributed by atoms with Crippen LogP contribution in [0.25, 0.3) is 0 Å². The van der Waals surface area contributed by atoms with Crippen molar-refractivity contribution >= 4 is 15.7 Å². The Hall–Kier alpha value is -1.65. The Labute approximate surface area is 99.1 Å². The molecular weight excluding hydrogens is 245 g/mol. The lowest BCUT2D eigenvalue weighted by Gasteiger charge is -2.06. The monoisotopic (exact) mass is 257 g/mol. The second-order valence-corrected chi connectivity index (χ2v) is 5.22. The molecule has 1 aromatic carbocycles. The number of nitriles is 1. The Balaban J connectivity index is 2.53. The van der Waals surface area contributed by atoms with Gasteiger partial charge >= 0.3 is 0 Å². The normalized spacial score (nSPS) is 10.9. The third-order valence-electron chi connectivity index (χ3n) is 1.96. The molecule has 17 heavy (non-hydrogen) atoms. The number of hydrogen-bond acceptors (Lipinski definition) is 4. The van der Waals surface area contributed by atoms with E-state index < -0.39 is 15.8 Å². The molecule has 3 N–H and O–H groups in total. The zero-order valence-corrected chi connectivity index (χ0v) is 9.80. The summed E-state index contributed by atoms with van der Waals surface area (Å²) in [6, 6.07) is 5.67. The molecule has 1 rings (SSSR count). The molecule has 0 radical (unpaired) electrons. The average Bonchev–Trinajstić information content (AvgIpc) is 2.22. The van der Waals surface area contributed by atoms with Crippen LogP contribution in [-0.4, -0.2) is 20.7 Å². The van der Waals surface area contributed by atoms with E-state index in [9.17, 15) is 12.8 Å². The van der Waals surface area contributed by atoms with Crippen molar-refractivity contribution in [3.63, 3.8) is 0 Å². The predicted molar refractivity (Wildman–Crippen MR) is 62.2 cm³/mol. The highest BCUT2D eigenvalue weighted by Gasteiger charge is 2.03. The average molecular weight is 257 g/mol. The molecule has 0 aliphatic heterocycles. The van der Waals surface area contributed by atoms with Gasteiger partial charge in [-0.2, -0.15) is 5.26 Å². The summed E-state index contributed by atoms with van der Waals surface area (Å²) >= 11 is 0. The first-order valence-corrected chi connectivity index (χ1v) is 6.57. The maximum absolute atomic E-state index is 13.0. The van der Waals surface area contributed by atoms with Crippen molar-refractivity contribution in [3.8, 4) is 6.07 Å². The number of rotatable bonds is 5. The third-order valence-corrected chi connectivity index (χ3v) is 2.82. The smallest absolute Gasteiger partial charge is 0.209 e. The van der Waals surface area contributed by atoms with Crippen LogP contribution >= 0.6 is 0 Å². The first kappa shape index (κ1) is 13.4. The van der Waals surface area contributed by atoms with Gasteiger partial charge in [-0.3, -0.25) is 0 Å². The van der Waals surface area contributed by atoms with Crippen molar-refractivity contribution in [2.45, 2.75) is 6.42 Å². The Morgan fingerprint density at radius 2 is 2.12 bits per heavy atom. The van der Waals surface area contributed by atoms with Crippen LogP contribution in [0.15, 0.2) is 18.2 Å². The quantitative estimate of drug-likeness (QED) is 0.762. The van der Waals surface area contributed by atoms with Crippen LogP contribution in [0.5, 0.6) is 0 Å². The van der Waals surface area contributed by atoms with E-state index in [0.717, 1.165) is 6.07 Å². The van der Waals surface area contributed by atoms with Crippen LogP contribution in [0.4, 0.5) is 10.1 Å². The van der Waals surface area contributed by atoms with E-state index in [1.165, 1.54) is 12.1 Å². The molecule has 0 spiro atoms. The van der Waals surface area contributed by atoms with Gasteiger partial charge in [-0.15, -0.1) is 0 Å². The first-order chi connectivity index (χ1) is 7.90. The van der Waals surface area contributed by atoms with Crippen molar-refractivity contribution in [3.05, 3.63) is 29.6 Å². The fraction of sp³-hybridized carbons (Fsp3) is 0.300. The van der Waals surface area contributed by atoms with Crippen LogP contribution in [0, 0.1) is 17.1 Å². The van der Waals surface area contributed by atoms with E-state index in [-0.39, 0.29) is 11.3 Å². The fourth-order valence-corrected chi connectivity index (χ4v) is 1.81. The number of nitrogens with two attached hydrogens (primary N) is 1. The molecule has 0 heterocycles. The molecule has 0 aromatic heterocycles. The van der Waals surface area contributed by atoms with Gasteiger partial charge in [0, 0.05) is 12.2 Å². The summed E-state index contributed by atoms with van der Waals surface area (Å²) < 4.78 is 34.3. The minimum absolute atomic E-state index is 0.138. The predicted octanol–water partition coefficient (Wildman–Crippen LogP) is 0.788. The lowest BCUT2D eigenvalue weighted by atomic mass is 10.2. The van der Waals surface area contributed by atoms with Gasteiger partial charge in [0.05, 0.1) is 17.4 Å². The van der Waals surface area contributed by atoms with Crippen molar-refractivity contribution in [2.24, 2.45) is 5.14 Å². The zero-order chi connectivity index (χ0) is 12.9. The van der Waals surface area contributed by atoms with Gasteiger partial charge in [-0.25, -0.2) is 17.9 Å². The summed E-state index contributed by atoms with van der Waals surface area (Å²) in [4.78, 5) is 0. The molecule has 92 valence electrons. The van der Waals surface area contributed by atoms with Gasteiger partial charge in [0.15, 0.2) is 0 Å². The SMILES string of the molecule is N#Cc1cc(F)cc(NCCCS(N)(=O)=O)c1. The maximum atomic E-state index is 13.0. The van der Waals surface area contributed by atoms with Crippen LogP contribution in [0.2, 0.25) is 0 Å². The van der Waals surface area contributed by atoms with Gasteiger partial charge in [-0.1, -0.05) is 0 Å². The number of benzene rings is 1. The molecule has 0 aliphatic rings. The highest BCUT2D eigenvalue weighted by atomic mass is 32.2. The Morgan fingerprint density at radius 1 is 1.41 bits per heavy atom. The molecule has 0 aliphatic carbocycles. The molecule has 1 aromatic rings. The summed E-state index contributed by atoms with van der Waals surface area (Å²) in [5.41, 5.74) is 0.648. The molecule has 0 saturated carbocycles. The number of nitrogens with one attached hydrogen (secondary N) is 1. The molecular formula is C10H12FN3O2S. The van der Waals surface area contributed by atoms with Crippen LogP contribution in [0.1, 0.15) is 12.0 Å². The Morgan fingerprint density at radius 3 is 2.71 bits per heavy atom.